The van der Waals surface area contributed by atoms with Gasteiger partial charge >= 0.3 is 0 Å². The van der Waals surface area contributed by atoms with Gasteiger partial charge in [0.1, 0.15) is 5.56 Å². The first kappa shape index (κ1) is 16.1. The molecular weight excluding hydrogens is 322 g/mol. The van der Waals surface area contributed by atoms with Crippen LogP contribution in [0.3, 0.4) is 0 Å². The lowest BCUT2D eigenvalue weighted by Gasteiger charge is -2.14. The van der Waals surface area contributed by atoms with Gasteiger partial charge in [0.25, 0.3) is 11.5 Å². The molecule has 2 heterocycles. The van der Waals surface area contributed by atoms with Gasteiger partial charge in [-0.1, -0.05) is 30.3 Å². The maximum absolute atomic E-state index is 12.9. The number of pyridine rings is 1. The van der Waals surface area contributed by atoms with Crippen LogP contribution in [-0.2, 0) is 6.54 Å². The molecule has 1 N–H and O–H groups in total. The Kier molecular flexibility index (Phi) is 4.57. The lowest BCUT2D eigenvalue weighted by molar-refractivity contribution is 0.102. The number of aryl methyl sites for hydroxylation is 2. The van der Waals surface area contributed by atoms with Gasteiger partial charge in [0.05, 0.1) is 6.54 Å². The highest BCUT2D eigenvalue weighted by Gasteiger charge is 2.18. The van der Waals surface area contributed by atoms with Gasteiger partial charge in [0.2, 0.25) is 0 Å². The molecule has 3 aromatic rings. The second-order valence-corrected chi connectivity index (χ2v) is 6.41. The van der Waals surface area contributed by atoms with Crippen molar-refractivity contribution < 1.29 is 4.79 Å². The van der Waals surface area contributed by atoms with Crippen molar-refractivity contribution in [2.45, 2.75) is 20.4 Å². The standard InChI is InChI=1S/C18H17N3O2S/c1-12-10-13(2)21(11-14-6-4-3-5-7-14)17(23)15(12)16(22)20-18-19-8-9-24-18/h3-10H,11H2,1-2H3,(H,19,20,22). The zero-order chi connectivity index (χ0) is 17.1. The first-order valence-electron chi connectivity index (χ1n) is 7.52. The molecule has 0 aliphatic heterocycles. The monoisotopic (exact) mass is 339 g/mol. The Morgan fingerprint density at radius 1 is 1.25 bits per heavy atom. The lowest BCUT2D eigenvalue weighted by Crippen LogP contribution is -2.32. The SMILES string of the molecule is Cc1cc(C)n(Cc2ccccc2)c(=O)c1C(=O)Nc1nccs1. The molecule has 24 heavy (non-hydrogen) atoms. The molecule has 6 heteroatoms. The van der Waals surface area contributed by atoms with E-state index in [4.69, 9.17) is 0 Å². The summed E-state index contributed by atoms with van der Waals surface area (Å²) in [5.74, 6) is -0.422. The molecule has 0 unspecified atom stereocenters. The molecule has 5 nitrogen and oxygen atoms in total. The van der Waals surface area contributed by atoms with Gasteiger partial charge in [-0.15, -0.1) is 11.3 Å². The summed E-state index contributed by atoms with van der Waals surface area (Å²) in [6, 6.07) is 11.6. The summed E-state index contributed by atoms with van der Waals surface area (Å²) >= 11 is 1.32. The highest BCUT2D eigenvalue weighted by molar-refractivity contribution is 7.13. The van der Waals surface area contributed by atoms with E-state index < -0.39 is 5.91 Å². The van der Waals surface area contributed by atoms with Crippen molar-refractivity contribution in [2.75, 3.05) is 5.32 Å². The van der Waals surface area contributed by atoms with Crippen LogP contribution in [0, 0.1) is 13.8 Å². The molecule has 122 valence electrons. The minimum atomic E-state index is -0.422. The number of hydrogen-bond donors (Lipinski definition) is 1. The van der Waals surface area contributed by atoms with Crippen LogP contribution >= 0.6 is 11.3 Å². The van der Waals surface area contributed by atoms with Gasteiger partial charge < -0.3 is 4.57 Å². The molecule has 0 bridgehead atoms. The first-order chi connectivity index (χ1) is 11.6. The fourth-order valence-corrected chi connectivity index (χ4v) is 3.13. The molecule has 2 aromatic heterocycles. The number of carbonyl (C=O) groups excluding carboxylic acids is 1. The van der Waals surface area contributed by atoms with Crippen LogP contribution < -0.4 is 10.9 Å². The number of thiazole rings is 1. The first-order valence-corrected chi connectivity index (χ1v) is 8.40. The predicted octanol–water partition coefficient (Wildman–Crippen LogP) is 3.22. The number of hydrogen-bond acceptors (Lipinski definition) is 4. The third-order valence-electron chi connectivity index (χ3n) is 3.77. The topological polar surface area (TPSA) is 64.0 Å². The Bertz CT molecular complexity index is 915. The van der Waals surface area contributed by atoms with Crippen LogP contribution in [0.15, 0.2) is 52.8 Å². The van der Waals surface area contributed by atoms with E-state index >= 15 is 0 Å². The molecule has 0 saturated carbocycles. The molecule has 0 aliphatic carbocycles. The Balaban J connectivity index is 1.99. The number of aromatic nitrogens is 2. The molecule has 0 radical (unpaired) electrons. The molecule has 0 aliphatic rings. The van der Waals surface area contributed by atoms with Gasteiger partial charge in [-0.25, -0.2) is 4.98 Å². The summed E-state index contributed by atoms with van der Waals surface area (Å²) in [6.45, 7) is 4.08. The van der Waals surface area contributed by atoms with Crippen LogP contribution in [0.25, 0.3) is 0 Å². The Morgan fingerprint density at radius 3 is 2.67 bits per heavy atom. The van der Waals surface area contributed by atoms with E-state index in [9.17, 15) is 9.59 Å². The highest BCUT2D eigenvalue weighted by Crippen LogP contribution is 2.14. The Hall–Kier alpha value is -2.73. The highest BCUT2D eigenvalue weighted by atomic mass is 32.1. The second kappa shape index (κ2) is 6.80. The van der Waals surface area contributed by atoms with Gasteiger partial charge in [0, 0.05) is 17.3 Å². The van der Waals surface area contributed by atoms with E-state index in [1.807, 2.05) is 43.3 Å². The average molecular weight is 339 g/mol. The van der Waals surface area contributed by atoms with Crippen LogP contribution in [0.5, 0.6) is 0 Å². The summed E-state index contributed by atoms with van der Waals surface area (Å²) in [6.07, 6.45) is 1.61. The van der Waals surface area contributed by atoms with E-state index in [2.05, 4.69) is 10.3 Å². The molecule has 1 aromatic carbocycles. The van der Waals surface area contributed by atoms with Crippen molar-refractivity contribution in [3.8, 4) is 0 Å². The van der Waals surface area contributed by atoms with Crippen molar-refractivity contribution in [2.24, 2.45) is 0 Å². The summed E-state index contributed by atoms with van der Waals surface area (Å²) in [7, 11) is 0. The van der Waals surface area contributed by atoms with Crippen molar-refractivity contribution in [1.82, 2.24) is 9.55 Å². The van der Waals surface area contributed by atoms with E-state index in [-0.39, 0.29) is 11.1 Å². The quantitative estimate of drug-likeness (QED) is 0.794. The largest absolute Gasteiger partial charge is 0.308 e. The van der Waals surface area contributed by atoms with Crippen LogP contribution in [-0.4, -0.2) is 15.5 Å². The maximum atomic E-state index is 12.9. The fourth-order valence-electron chi connectivity index (χ4n) is 2.61. The van der Waals surface area contributed by atoms with Gasteiger partial charge in [0.15, 0.2) is 5.13 Å². The second-order valence-electron chi connectivity index (χ2n) is 5.51. The fraction of sp³-hybridized carbons (Fsp3) is 0.167. The Labute approximate surface area is 143 Å². The van der Waals surface area contributed by atoms with Crippen LogP contribution in [0.2, 0.25) is 0 Å². The molecule has 0 atom stereocenters. The number of carbonyl (C=O) groups is 1. The third kappa shape index (κ3) is 3.28. The smallest absolute Gasteiger partial charge is 0.264 e. The van der Waals surface area contributed by atoms with E-state index in [1.165, 1.54) is 11.3 Å². The number of anilines is 1. The number of benzene rings is 1. The van der Waals surface area contributed by atoms with Crippen molar-refractivity contribution in [3.05, 3.63) is 80.7 Å². The number of rotatable bonds is 4. The minimum Gasteiger partial charge on any atom is -0.308 e. The van der Waals surface area contributed by atoms with Gasteiger partial charge in [-0.3, -0.25) is 14.9 Å². The van der Waals surface area contributed by atoms with Crippen molar-refractivity contribution in [1.29, 1.82) is 0 Å². The molecular formula is C18H17N3O2S. The molecule has 0 spiro atoms. The normalized spacial score (nSPS) is 10.6. The molecule has 3 rings (SSSR count). The van der Waals surface area contributed by atoms with E-state index in [0.29, 0.717) is 17.2 Å². The molecule has 0 saturated heterocycles. The summed E-state index contributed by atoms with van der Waals surface area (Å²) in [5.41, 5.74) is 2.37. The van der Waals surface area contributed by atoms with Gasteiger partial charge in [-0.05, 0) is 31.0 Å². The van der Waals surface area contributed by atoms with Gasteiger partial charge in [-0.2, -0.15) is 0 Å². The maximum Gasteiger partial charge on any atom is 0.264 e. The zero-order valence-corrected chi connectivity index (χ0v) is 14.3. The van der Waals surface area contributed by atoms with E-state index in [1.54, 1.807) is 23.1 Å². The third-order valence-corrected chi connectivity index (χ3v) is 4.46. The predicted molar refractivity (Wildman–Crippen MR) is 95.8 cm³/mol. The summed E-state index contributed by atoms with van der Waals surface area (Å²) < 4.78 is 1.62. The number of nitrogens with zero attached hydrogens (tertiary/aromatic N) is 2. The lowest BCUT2D eigenvalue weighted by atomic mass is 10.1. The van der Waals surface area contributed by atoms with Crippen LogP contribution in [0.4, 0.5) is 5.13 Å². The van der Waals surface area contributed by atoms with Crippen molar-refractivity contribution in [3.63, 3.8) is 0 Å². The average Bonchev–Trinajstić information content (AvgIpc) is 3.05. The molecule has 1 amide bonds. The molecule has 0 fully saturated rings. The number of amides is 1. The zero-order valence-electron chi connectivity index (χ0n) is 13.4. The van der Waals surface area contributed by atoms with Crippen molar-refractivity contribution >= 4 is 22.4 Å². The Morgan fingerprint density at radius 2 is 2.00 bits per heavy atom. The summed E-state index contributed by atoms with van der Waals surface area (Å²) in [5, 5.41) is 4.94. The summed E-state index contributed by atoms with van der Waals surface area (Å²) in [4.78, 5) is 29.4. The minimum absolute atomic E-state index is 0.159. The van der Waals surface area contributed by atoms with Crippen LogP contribution in [0.1, 0.15) is 27.2 Å². The van der Waals surface area contributed by atoms with E-state index in [0.717, 1.165) is 11.3 Å². The number of nitrogens with one attached hydrogen (secondary N) is 1.